The fourth-order valence-corrected chi connectivity index (χ4v) is 3.30. The van der Waals surface area contributed by atoms with Gasteiger partial charge in [0.15, 0.2) is 0 Å². The number of carbonyl (C=O) groups is 2. The lowest BCUT2D eigenvalue weighted by Gasteiger charge is -2.08. The summed E-state index contributed by atoms with van der Waals surface area (Å²) in [5, 5.41) is 9.47. The van der Waals surface area contributed by atoms with Gasteiger partial charge in [-0.2, -0.15) is 11.3 Å². The van der Waals surface area contributed by atoms with Crippen LogP contribution in [0.5, 0.6) is 0 Å². The smallest absolute Gasteiger partial charge is 0.252 e. The van der Waals surface area contributed by atoms with Crippen LogP contribution < -0.4 is 10.6 Å². The summed E-state index contributed by atoms with van der Waals surface area (Å²) in [5.74, 6) is -0.0273. The first-order valence-corrected chi connectivity index (χ1v) is 9.64. The Hall–Kier alpha value is -2.14. The Balaban J connectivity index is 1.54. The number of aryl methyl sites for hydroxylation is 3. The molecule has 134 valence electrons. The molecular weight excluding hydrogens is 332 g/mol. The zero-order valence-corrected chi connectivity index (χ0v) is 15.7. The molecular formula is C20H26N2O2S. The van der Waals surface area contributed by atoms with Crippen LogP contribution in [0.3, 0.4) is 0 Å². The maximum absolute atomic E-state index is 11.8. The van der Waals surface area contributed by atoms with Gasteiger partial charge < -0.3 is 10.6 Å². The van der Waals surface area contributed by atoms with Crippen LogP contribution in [0.1, 0.15) is 46.3 Å². The van der Waals surface area contributed by atoms with E-state index in [4.69, 9.17) is 0 Å². The van der Waals surface area contributed by atoms with Gasteiger partial charge in [0.1, 0.15) is 0 Å². The first-order chi connectivity index (χ1) is 12.1. The third-order valence-corrected chi connectivity index (χ3v) is 4.78. The molecule has 1 aromatic carbocycles. The molecule has 0 fully saturated rings. The van der Waals surface area contributed by atoms with Crippen LogP contribution in [0, 0.1) is 13.8 Å². The normalized spacial score (nSPS) is 10.5. The molecule has 0 aliphatic heterocycles. The van der Waals surface area contributed by atoms with E-state index in [2.05, 4.69) is 42.7 Å². The van der Waals surface area contributed by atoms with Gasteiger partial charge in [0.05, 0.1) is 0 Å². The zero-order valence-electron chi connectivity index (χ0n) is 14.9. The second-order valence-corrected chi connectivity index (χ2v) is 7.03. The molecule has 1 aromatic heterocycles. The monoisotopic (exact) mass is 358 g/mol. The van der Waals surface area contributed by atoms with Crippen molar-refractivity contribution < 1.29 is 9.59 Å². The summed E-state index contributed by atoms with van der Waals surface area (Å²) < 4.78 is 0. The summed E-state index contributed by atoms with van der Waals surface area (Å²) in [6, 6.07) is 8.29. The molecule has 0 aliphatic rings. The van der Waals surface area contributed by atoms with Crippen molar-refractivity contribution in [2.75, 3.05) is 13.1 Å². The number of rotatable bonds is 9. The highest BCUT2D eigenvalue weighted by Gasteiger charge is 2.06. The van der Waals surface area contributed by atoms with Crippen LogP contribution in [0.25, 0.3) is 0 Å². The number of thiophene rings is 1. The standard InChI is InChI=1S/C20H26N2O2S/c1-15-7-8-17(16(2)13-15)5-3-10-21-19(23)6-4-11-22-20(24)18-9-12-25-14-18/h7-9,12-14H,3-6,10-11H2,1-2H3,(H,21,23)(H,22,24). The van der Waals surface area contributed by atoms with Crippen molar-refractivity contribution >= 4 is 23.2 Å². The van der Waals surface area contributed by atoms with Crippen LogP contribution in [0.2, 0.25) is 0 Å². The molecule has 0 atom stereocenters. The molecule has 0 bridgehead atoms. The number of hydrogen-bond acceptors (Lipinski definition) is 3. The lowest BCUT2D eigenvalue weighted by molar-refractivity contribution is -0.121. The lowest BCUT2D eigenvalue weighted by Crippen LogP contribution is -2.28. The molecule has 0 radical (unpaired) electrons. The number of amides is 2. The number of hydrogen-bond donors (Lipinski definition) is 2. The van der Waals surface area contributed by atoms with Gasteiger partial charge in [0.2, 0.25) is 5.91 Å². The predicted molar refractivity (Wildman–Crippen MR) is 103 cm³/mol. The van der Waals surface area contributed by atoms with Gasteiger partial charge in [0.25, 0.3) is 5.91 Å². The molecule has 0 aliphatic carbocycles. The van der Waals surface area contributed by atoms with Gasteiger partial charge in [-0.25, -0.2) is 0 Å². The van der Waals surface area contributed by atoms with Crippen molar-refractivity contribution in [3.05, 3.63) is 57.3 Å². The molecule has 0 saturated heterocycles. The van der Waals surface area contributed by atoms with Crippen LogP contribution in [0.15, 0.2) is 35.0 Å². The summed E-state index contributed by atoms with van der Waals surface area (Å²) in [5.41, 5.74) is 4.62. The van der Waals surface area contributed by atoms with E-state index in [0.717, 1.165) is 12.8 Å². The predicted octanol–water partition coefficient (Wildman–Crippen LogP) is 3.62. The van der Waals surface area contributed by atoms with Gasteiger partial charge in [-0.1, -0.05) is 23.8 Å². The van der Waals surface area contributed by atoms with Crippen LogP contribution in [0.4, 0.5) is 0 Å². The SMILES string of the molecule is Cc1ccc(CCCNC(=O)CCCNC(=O)c2ccsc2)c(C)c1. The molecule has 4 nitrogen and oxygen atoms in total. The Labute approximate surface area is 153 Å². The van der Waals surface area contributed by atoms with Gasteiger partial charge >= 0.3 is 0 Å². The van der Waals surface area contributed by atoms with Gasteiger partial charge in [-0.05, 0) is 55.7 Å². The molecule has 5 heteroatoms. The third-order valence-electron chi connectivity index (χ3n) is 4.09. The van der Waals surface area contributed by atoms with E-state index >= 15 is 0 Å². The minimum Gasteiger partial charge on any atom is -0.356 e. The van der Waals surface area contributed by atoms with E-state index in [0.29, 0.717) is 31.5 Å². The third kappa shape index (κ3) is 6.70. The molecule has 2 rings (SSSR count). The first kappa shape index (κ1) is 19.2. The topological polar surface area (TPSA) is 58.2 Å². The van der Waals surface area contributed by atoms with Gasteiger partial charge in [-0.15, -0.1) is 0 Å². The van der Waals surface area contributed by atoms with Crippen molar-refractivity contribution in [2.24, 2.45) is 0 Å². The minimum atomic E-state index is -0.0740. The van der Waals surface area contributed by atoms with E-state index in [1.807, 2.05) is 10.8 Å². The van der Waals surface area contributed by atoms with Gasteiger partial charge in [-0.3, -0.25) is 9.59 Å². The molecule has 0 spiro atoms. The summed E-state index contributed by atoms with van der Waals surface area (Å²) >= 11 is 1.50. The largest absolute Gasteiger partial charge is 0.356 e. The number of carbonyl (C=O) groups excluding carboxylic acids is 2. The second-order valence-electron chi connectivity index (χ2n) is 6.25. The highest BCUT2D eigenvalue weighted by Crippen LogP contribution is 2.12. The summed E-state index contributed by atoms with van der Waals surface area (Å²) in [7, 11) is 0. The van der Waals surface area contributed by atoms with E-state index in [1.165, 1.54) is 28.0 Å². The Bertz CT molecular complexity index is 696. The van der Waals surface area contributed by atoms with E-state index < -0.39 is 0 Å². The maximum Gasteiger partial charge on any atom is 0.252 e. The van der Waals surface area contributed by atoms with Crippen LogP contribution in [-0.4, -0.2) is 24.9 Å². The quantitative estimate of drug-likeness (QED) is 0.673. The summed E-state index contributed by atoms with van der Waals surface area (Å²) in [6.07, 6.45) is 3.00. The maximum atomic E-state index is 11.8. The highest BCUT2D eigenvalue weighted by molar-refractivity contribution is 7.08. The summed E-state index contributed by atoms with van der Waals surface area (Å²) in [6.45, 7) is 5.43. The minimum absolute atomic E-state index is 0.0467. The average Bonchev–Trinajstić information content (AvgIpc) is 3.11. The highest BCUT2D eigenvalue weighted by atomic mass is 32.1. The van der Waals surface area contributed by atoms with Crippen LogP contribution in [-0.2, 0) is 11.2 Å². The molecule has 2 amide bonds. The molecule has 1 heterocycles. The van der Waals surface area contributed by atoms with Crippen molar-refractivity contribution in [3.8, 4) is 0 Å². The van der Waals surface area contributed by atoms with Crippen molar-refractivity contribution in [1.82, 2.24) is 10.6 Å². The fraction of sp³-hybridized carbons (Fsp3) is 0.400. The Morgan fingerprint density at radius 3 is 2.56 bits per heavy atom. The summed E-state index contributed by atoms with van der Waals surface area (Å²) in [4.78, 5) is 23.6. The molecule has 2 aromatic rings. The lowest BCUT2D eigenvalue weighted by atomic mass is 10.0. The van der Waals surface area contributed by atoms with Crippen LogP contribution >= 0.6 is 11.3 Å². The second kappa shape index (κ2) is 9.99. The van der Waals surface area contributed by atoms with Crippen molar-refractivity contribution in [3.63, 3.8) is 0 Å². The van der Waals surface area contributed by atoms with Gasteiger partial charge in [0, 0.05) is 30.5 Å². The first-order valence-electron chi connectivity index (χ1n) is 8.69. The molecule has 0 unspecified atom stereocenters. The Morgan fingerprint density at radius 1 is 1.04 bits per heavy atom. The average molecular weight is 359 g/mol. The Morgan fingerprint density at radius 2 is 1.84 bits per heavy atom. The van der Waals surface area contributed by atoms with Crippen molar-refractivity contribution in [2.45, 2.75) is 39.5 Å². The van der Waals surface area contributed by atoms with Crippen molar-refractivity contribution in [1.29, 1.82) is 0 Å². The van der Waals surface area contributed by atoms with E-state index in [9.17, 15) is 9.59 Å². The number of nitrogens with one attached hydrogen (secondary N) is 2. The zero-order chi connectivity index (χ0) is 18.1. The molecule has 2 N–H and O–H groups in total. The Kier molecular flexibility index (Phi) is 7.67. The molecule has 25 heavy (non-hydrogen) atoms. The molecule has 0 saturated carbocycles. The number of benzene rings is 1. The van der Waals surface area contributed by atoms with E-state index in [1.54, 1.807) is 6.07 Å². The fourth-order valence-electron chi connectivity index (χ4n) is 2.67. The van der Waals surface area contributed by atoms with E-state index in [-0.39, 0.29) is 11.8 Å².